The molecule has 0 aliphatic carbocycles. The van der Waals surface area contributed by atoms with Crippen molar-refractivity contribution in [3.05, 3.63) is 58.3 Å². The van der Waals surface area contributed by atoms with Crippen LogP contribution in [0, 0.1) is 6.92 Å². The molecule has 0 radical (unpaired) electrons. The molecular formula is C15H11BrN4O2. The maximum absolute atomic E-state index is 11.4. The molecule has 2 heterocycles. The van der Waals surface area contributed by atoms with E-state index in [1.54, 1.807) is 22.6 Å². The Morgan fingerprint density at radius 2 is 2.00 bits per heavy atom. The van der Waals surface area contributed by atoms with Crippen LogP contribution in [0.4, 0.5) is 11.5 Å². The molecule has 3 rings (SSSR count). The number of carboxylic acids is 1. The van der Waals surface area contributed by atoms with Crippen LogP contribution in [0.3, 0.4) is 0 Å². The van der Waals surface area contributed by atoms with E-state index in [4.69, 9.17) is 0 Å². The van der Waals surface area contributed by atoms with E-state index >= 15 is 0 Å². The molecule has 0 spiro atoms. The van der Waals surface area contributed by atoms with Crippen molar-refractivity contribution in [2.75, 3.05) is 0 Å². The second-order valence-electron chi connectivity index (χ2n) is 4.63. The van der Waals surface area contributed by atoms with Gasteiger partial charge in [0.15, 0.2) is 11.5 Å². The highest BCUT2D eigenvalue weighted by atomic mass is 79.9. The van der Waals surface area contributed by atoms with Gasteiger partial charge in [0.25, 0.3) is 0 Å². The highest BCUT2D eigenvalue weighted by molar-refractivity contribution is 9.10. The van der Waals surface area contributed by atoms with Gasteiger partial charge in [-0.2, -0.15) is 0 Å². The summed E-state index contributed by atoms with van der Waals surface area (Å²) in [5, 5.41) is 17.5. The normalized spacial score (nSPS) is 11.4. The van der Waals surface area contributed by atoms with E-state index < -0.39 is 5.97 Å². The highest BCUT2D eigenvalue weighted by Crippen LogP contribution is 2.26. The second-order valence-corrected chi connectivity index (χ2v) is 5.55. The molecule has 7 heteroatoms. The largest absolute Gasteiger partial charge is 0.476 e. The fourth-order valence-corrected chi connectivity index (χ4v) is 2.50. The molecule has 1 N–H and O–H groups in total. The molecule has 3 aromatic rings. The minimum absolute atomic E-state index is 0.118. The van der Waals surface area contributed by atoms with E-state index in [-0.39, 0.29) is 11.5 Å². The Kier molecular flexibility index (Phi) is 3.72. The topological polar surface area (TPSA) is 79.3 Å². The van der Waals surface area contributed by atoms with Gasteiger partial charge in [-0.1, -0.05) is 28.1 Å². The zero-order chi connectivity index (χ0) is 15.7. The van der Waals surface area contributed by atoms with Crippen molar-refractivity contribution in [1.82, 2.24) is 9.38 Å². The lowest BCUT2D eigenvalue weighted by molar-refractivity contribution is 0.0692. The van der Waals surface area contributed by atoms with E-state index in [9.17, 15) is 9.90 Å². The predicted octanol–water partition coefficient (Wildman–Crippen LogP) is 4.52. The molecule has 0 aliphatic heterocycles. The van der Waals surface area contributed by atoms with Crippen molar-refractivity contribution >= 4 is 39.1 Å². The summed E-state index contributed by atoms with van der Waals surface area (Å²) < 4.78 is 2.54. The number of hydrogen-bond donors (Lipinski definition) is 1. The second kappa shape index (κ2) is 5.69. The van der Waals surface area contributed by atoms with Crippen molar-refractivity contribution in [2.45, 2.75) is 6.92 Å². The molecule has 110 valence electrons. The number of carbonyl (C=O) groups is 1. The third kappa shape index (κ3) is 2.62. The quantitative estimate of drug-likeness (QED) is 0.699. The van der Waals surface area contributed by atoms with Gasteiger partial charge >= 0.3 is 5.97 Å². The van der Waals surface area contributed by atoms with E-state index in [2.05, 4.69) is 31.1 Å². The molecule has 0 saturated carbocycles. The maximum atomic E-state index is 11.4. The van der Waals surface area contributed by atoms with Gasteiger partial charge in [-0.25, -0.2) is 9.78 Å². The molecule has 0 bridgehead atoms. The number of pyridine rings is 1. The molecule has 0 fully saturated rings. The van der Waals surface area contributed by atoms with Crippen LogP contribution in [0.1, 0.15) is 16.2 Å². The molecule has 0 unspecified atom stereocenters. The Morgan fingerprint density at radius 1 is 1.23 bits per heavy atom. The van der Waals surface area contributed by atoms with Crippen molar-refractivity contribution in [3.63, 3.8) is 0 Å². The molecule has 2 aromatic heterocycles. The van der Waals surface area contributed by atoms with Crippen LogP contribution in [0.5, 0.6) is 0 Å². The van der Waals surface area contributed by atoms with E-state index in [0.717, 1.165) is 10.2 Å². The SMILES string of the molecule is Cc1cccc2nc(C(=O)O)c(N=Nc3cccc(Br)c3)n12. The fraction of sp³-hybridized carbons (Fsp3) is 0.0667. The number of rotatable bonds is 3. The van der Waals surface area contributed by atoms with Crippen LogP contribution < -0.4 is 0 Å². The Hall–Kier alpha value is -2.54. The molecule has 1 aromatic carbocycles. The Labute approximate surface area is 134 Å². The number of hydrogen-bond acceptors (Lipinski definition) is 4. The van der Waals surface area contributed by atoms with Crippen LogP contribution in [0.2, 0.25) is 0 Å². The third-order valence-corrected chi connectivity index (χ3v) is 3.58. The number of fused-ring (bicyclic) bond motifs is 1. The number of aromatic nitrogens is 2. The number of aryl methyl sites for hydroxylation is 1. The van der Waals surface area contributed by atoms with Crippen LogP contribution in [0.25, 0.3) is 5.65 Å². The van der Waals surface area contributed by atoms with E-state index in [1.807, 2.05) is 31.2 Å². The number of aromatic carboxylic acids is 1. The average molecular weight is 359 g/mol. The molecule has 22 heavy (non-hydrogen) atoms. The summed E-state index contributed by atoms with van der Waals surface area (Å²) in [7, 11) is 0. The molecule has 0 aliphatic rings. The Morgan fingerprint density at radius 3 is 2.73 bits per heavy atom. The molecule has 6 nitrogen and oxygen atoms in total. The first-order valence-electron chi connectivity index (χ1n) is 6.45. The van der Waals surface area contributed by atoms with Gasteiger partial charge in [-0.15, -0.1) is 10.2 Å². The summed E-state index contributed by atoms with van der Waals surface area (Å²) >= 11 is 3.36. The first kappa shape index (κ1) is 14.4. The Bertz CT molecular complexity index is 902. The minimum Gasteiger partial charge on any atom is -0.476 e. The minimum atomic E-state index is -1.13. The number of halogens is 1. The van der Waals surface area contributed by atoms with Crippen molar-refractivity contribution in [3.8, 4) is 0 Å². The lowest BCUT2D eigenvalue weighted by atomic mass is 10.3. The molecule has 0 saturated heterocycles. The highest BCUT2D eigenvalue weighted by Gasteiger charge is 2.19. The van der Waals surface area contributed by atoms with Crippen molar-refractivity contribution in [1.29, 1.82) is 0 Å². The average Bonchev–Trinajstić information content (AvgIpc) is 2.85. The van der Waals surface area contributed by atoms with Crippen molar-refractivity contribution in [2.24, 2.45) is 10.2 Å². The lowest BCUT2D eigenvalue weighted by Gasteiger charge is -2.01. The van der Waals surface area contributed by atoms with Gasteiger partial charge in [0, 0.05) is 10.2 Å². The summed E-state index contributed by atoms with van der Waals surface area (Å²) in [5.41, 5.74) is 1.86. The van der Waals surface area contributed by atoms with Gasteiger partial charge in [-0.05, 0) is 37.3 Å². The van der Waals surface area contributed by atoms with Crippen LogP contribution in [0.15, 0.2) is 57.2 Å². The van der Waals surface area contributed by atoms with Crippen LogP contribution in [-0.4, -0.2) is 20.5 Å². The van der Waals surface area contributed by atoms with Gasteiger partial charge in [0.2, 0.25) is 0 Å². The fourth-order valence-electron chi connectivity index (χ4n) is 2.12. The summed E-state index contributed by atoms with van der Waals surface area (Å²) in [6.07, 6.45) is 0. The van der Waals surface area contributed by atoms with Gasteiger partial charge in [-0.3, -0.25) is 4.40 Å². The third-order valence-electron chi connectivity index (χ3n) is 3.09. The monoisotopic (exact) mass is 358 g/mol. The van der Waals surface area contributed by atoms with Crippen LogP contribution in [-0.2, 0) is 0 Å². The summed E-state index contributed by atoms with van der Waals surface area (Å²) in [6, 6.07) is 12.7. The number of azo groups is 1. The maximum Gasteiger partial charge on any atom is 0.358 e. The van der Waals surface area contributed by atoms with Gasteiger partial charge in [0.05, 0.1) is 5.69 Å². The van der Waals surface area contributed by atoms with E-state index in [1.165, 1.54) is 0 Å². The number of benzene rings is 1. The zero-order valence-corrected chi connectivity index (χ0v) is 13.1. The van der Waals surface area contributed by atoms with E-state index in [0.29, 0.717) is 11.3 Å². The number of nitrogens with zero attached hydrogens (tertiary/aromatic N) is 4. The molecule has 0 atom stereocenters. The summed E-state index contributed by atoms with van der Waals surface area (Å²) in [4.78, 5) is 15.5. The predicted molar refractivity (Wildman–Crippen MR) is 85.2 cm³/mol. The number of imidazole rings is 1. The summed E-state index contributed by atoms with van der Waals surface area (Å²) in [5.74, 6) is -0.924. The number of carboxylic acid groups (broad SMARTS) is 1. The Balaban J connectivity index is 2.16. The molecule has 0 amide bonds. The van der Waals surface area contributed by atoms with Gasteiger partial charge in [0.1, 0.15) is 5.65 Å². The van der Waals surface area contributed by atoms with Gasteiger partial charge < -0.3 is 5.11 Å². The first-order valence-corrected chi connectivity index (χ1v) is 7.24. The van der Waals surface area contributed by atoms with Crippen molar-refractivity contribution < 1.29 is 9.90 Å². The first-order chi connectivity index (χ1) is 10.6. The molecular weight excluding hydrogens is 348 g/mol. The zero-order valence-electron chi connectivity index (χ0n) is 11.6. The summed E-state index contributed by atoms with van der Waals surface area (Å²) in [6.45, 7) is 1.86. The standard InChI is InChI=1S/C15H11BrN4O2/c1-9-4-2-7-12-17-13(15(21)22)14(20(9)12)19-18-11-6-3-5-10(16)8-11/h2-8H,1H3,(H,21,22). The lowest BCUT2D eigenvalue weighted by Crippen LogP contribution is -1.97. The smallest absolute Gasteiger partial charge is 0.358 e. The van der Waals surface area contributed by atoms with Crippen LogP contribution >= 0.6 is 15.9 Å².